The topological polar surface area (TPSA) is 55.0 Å². The van der Waals surface area contributed by atoms with Gasteiger partial charge in [0.15, 0.2) is 5.82 Å². The second-order valence-corrected chi connectivity index (χ2v) is 6.57. The number of aromatic nitrogens is 2. The lowest BCUT2D eigenvalue weighted by Crippen LogP contribution is -2.22. The van der Waals surface area contributed by atoms with Gasteiger partial charge < -0.3 is 5.73 Å². The highest BCUT2D eigenvalue weighted by Gasteiger charge is 2.21. The first kappa shape index (κ1) is 15.2. The molecule has 2 N–H and O–H groups in total. The Bertz CT molecular complexity index is 823. The van der Waals surface area contributed by atoms with Gasteiger partial charge in [-0.05, 0) is 36.2 Å². The molecule has 24 heavy (non-hydrogen) atoms. The maximum atomic E-state index is 5.77. The number of fused-ring (bicyclic) bond motifs is 1. The van der Waals surface area contributed by atoms with E-state index in [0.717, 1.165) is 43.1 Å². The first-order valence-corrected chi connectivity index (χ1v) is 8.55. The molecule has 4 heteroatoms. The zero-order chi connectivity index (χ0) is 16.4. The van der Waals surface area contributed by atoms with Crippen LogP contribution < -0.4 is 5.73 Å². The third-order valence-corrected chi connectivity index (χ3v) is 4.85. The van der Waals surface area contributed by atoms with Gasteiger partial charge in [-0.25, -0.2) is 9.97 Å². The van der Waals surface area contributed by atoms with Crippen molar-refractivity contribution < 1.29 is 0 Å². The van der Waals surface area contributed by atoms with Crippen molar-refractivity contribution >= 4 is 10.8 Å². The maximum absolute atomic E-state index is 5.77. The molecule has 1 atom stereocenters. The van der Waals surface area contributed by atoms with Gasteiger partial charge >= 0.3 is 0 Å². The Morgan fingerprint density at radius 3 is 2.62 bits per heavy atom. The number of likely N-dealkylation sites (tertiary alicyclic amines) is 1. The highest BCUT2D eigenvalue weighted by atomic mass is 15.1. The van der Waals surface area contributed by atoms with Crippen molar-refractivity contribution in [3.63, 3.8) is 0 Å². The van der Waals surface area contributed by atoms with Crippen molar-refractivity contribution in [3.8, 4) is 11.4 Å². The van der Waals surface area contributed by atoms with E-state index in [4.69, 9.17) is 5.73 Å². The zero-order valence-corrected chi connectivity index (χ0v) is 13.7. The maximum Gasteiger partial charge on any atom is 0.159 e. The fraction of sp³-hybridized carbons (Fsp3) is 0.300. The molecule has 4 rings (SSSR count). The van der Waals surface area contributed by atoms with E-state index in [2.05, 4.69) is 57.3 Å². The summed E-state index contributed by atoms with van der Waals surface area (Å²) < 4.78 is 0. The van der Waals surface area contributed by atoms with E-state index in [9.17, 15) is 0 Å². The first-order valence-electron chi connectivity index (χ1n) is 8.55. The van der Waals surface area contributed by atoms with E-state index in [0.29, 0.717) is 5.92 Å². The monoisotopic (exact) mass is 318 g/mol. The van der Waals surface area contributed by atoms with Crippen molar-refractivity contribution in [1.29, 1.82) is 0 Å². The summed E-state index contributed by atoms with van der Waals surface area (Å²) >= 11 is 0. The van der Waals surface area contributed by atoms with E-state index in [1.165, 1.54) is 17.2 Å². The number of nitrogens with two attached hydrogens (primary N) is 1. The second-order valence-electron chi connectivity index (χ2n) is 6.57. The Kier molecular flexibility index (Phi) is 4.24. The van der Waals surface area contributed by atoms with Crippen LogP contribution in [0.3, 0.4) is 0 Å². The Morgan fingerprint density at radius 1 is 1.04 bits per heavy atom. The third-order valence-electron chi connectivity index (χ3n) is 4.85. The predicted octanol–water partition coefficient (Wildman–Crippen LogP) is 3.08. The Labute approximate surface area is 142 Å². The zero-order valence-electron chi connectivity index (χ0n) is 13.7. The van der Waals surface area contributed by atoms with E-state index >= 15 is 0 Å². The summed E-state index contributed by atoms with van der Waals surface area (Å²) in [4.78, 5) is 11.7. The molecule has 122 valence electrons. The molecule has 1 fully saturated rings. The molecule has 0 saturated carbocycles. The number of benzene rings is 2. The summed E-state index contributed by atoms with van der Waals surface area (Å²) in [7, 11) is 0. The molecule has 1 aliphatic heterocycles. The predicted molar refractivity (Wildman–Crippen MR) is 97.4 cm³/mol. The highest BCUT2D eigenvalue weighted by Crippen LogP contribution is 2.26. The lowest BCUT2D eigenvalue weighted by atomic mass is 10.0. The van der Waals surface area contributed by atoms with Crippen LogP contribution >= 0.6 is 0 Å². The SMILES string of the molecule is NC[C@H]1CCN(Cc2cnc(-c3cccc4ccccc34)nc2)C1. The summed E-state index contributed by atoms with van der Waals surface area (Å²) in [6, 6.07) is 14.6. The van der Waals surface area contributed by atoms with Gasteiger partial charge in [-0.15, -0.1) is 0 Å². The molecule has 0 amide bonds. The molecule has 0 spiro atoms. The minimum atomic E-state index is 0.640. The molecular weight excluding hydrogens is 296 g/mol. The average molecular weight is 318 g/mol. The van der Waals surface area contributed by atoms with Crippen molar-refractivity contribution in [1.82, 2.24) is 14.9 Å². The molecule has 2 heterocycles. The van der Waals surface area contributed by atoms with Gasteiger partial charge in [0.25, 0.3) is 0 Å². The minimum absolute atomic E-state index is 0.640. The molecule has 0 aliphatic carbocycles. The lowest BCUT2D eigenvalue weighted by Gasteiger charge is -2.15. The van der Waals surface area contributed by atoms with Gasteiger partial charge in [0, 0.05) is 36.6 Å². The second kappa shape index (κ2) is 6.67. The Balaban J connectivity index is 1.55. The summed E-state index contributed by atoms with van der Waals surface area (Å²) in [6.45, 7) is 3.90. The first-order chi connectivity index (χ1) is 11.8. The highest BCUT2D eigenvalue weighted by molar-refractivity contribution is 5.94. The molecule has 1 aromatic heterocycles. The fourth-order valence-corrected chi connectivity index (χ4v) is 3.50. The van der Waals surface area contributed by atoms with Crippen LogP contribution in [0, 0.1) is 5.92 Å². The van der Waals surface area contributed by atoms with Gasteiger partial charge in [-0.3, -0.25) is 4.90 Å². The molecule has 4 nitrogen and oxygen atoms in total. The molecule has 3 aromatic rings. The Morgan fingerprint density at radius 2 is 1.83 bits per heavy atom. The molecule has 0 unspecified atom stereocenters. The van der Waals surface area contributed by atoms with Crippen molar-refractivity contribution in [3.05, 3.63) is 60.4 Å². The van der Waals surface area contributed by atoms with Crippen molar-refractivity contribution in [2.75, 3.05) is 19.6 Å². The standard InChI is InChI=1S/C20H22N4/c21-10-15-8-9-24(13-15)14-16-11-22-20(23-12-16)19-7-3-5-17-4-1-2-6-18(17)19/h1-7,11-12,15H,8-10,13-14,21H2/t15-/m1/s1. The normalized spacial score (nSPS) is 18.3. The quantitative estimate of drug-likeness (QED) is 0.803. The van der Waals surface area contributed by atoms with Crippen LogP contribution in [-0.2, 0) is 6.54 Å². The molecule has 1 aliphatic rings. The van der Waals surface area contributed by atoms with Gasteiger partial charge in [-0.2, -0.15) is 0 Å². The average Bonchev–Trinajstić information content (AvgIpc) is 3.09. The summed E-state index contributed by atoms with van der Waals surface area (Å²) in [5.41, 5.74) is 8.02. The summed E-state index contributed by atoms with van der Waals surface area (Å²) in [6.07, 6.45) is 5.12. The number of rotatable bonds is 4. The van der Waals surface area contributed by atoms with Crippen molar-refractivity contribution in [2.24, 2.45) is 11.7 Å². The smallest absolute Gasteiger partial charge is 0.159 e. The van der Waals surface area contributed by atoms with E-state index < -0.39 is 0 Å². The van der Waals surface area contributed by atoms with E-state index in [1.807, 2.05) is 12.4 Å². The van der Waals surface area contributed by atoms with E-state index in [1.54, 1.807) is 0 Å². The fourth-order valence-electron chi connectivity index (χ4n) is 3.50. The number of hydrogen-bond acceptors (Lipinski definition) is 4. The van der Waals surface area contributed by atoms with Gasteiger partial charge in [0.2, 0.25) is 0 Å². The van der Waals surface area contributed by atoms with Gasteiger partial charge in [0.05, 0.1) is 0 Å². The van der Waals surface area contributed by atoms with Crippen LogP contribution in [0.1, 0.15) is 12.0 Å². The van der Waals surface area contributed by atoms with Crippen LogP contribution in [0.25, 0.3) is 22.2 Å². The largest absolute Gasteiger partial charge is 0.330 e. The van der Waals surface area contributed by atoms with Crippen molar-refractivity contribution in [2.45, 2.75) is 13.0 Å². The van der Waals surface area contributed by atoms with E-state index in [-0.39, 0.29) is 0 Å². The number of hydrogen-bond donors (Lipinski definition) is 1. The lowest BCUT2D eigenvalue weighted by molar-refractivity contribution is 0.317. The van der Waals surface area contributed by atoms with Gasteiger partial charge in [0.1, 0.15) is 0 Å². The van der Waals surface area contributed by atoms with Crippen LogP contribution in [0.15, 0.2) is 54.9 Å². The molecule has 0 radical (unpaired) electrons. The Hall–Kier alpha value is -2.30. The third kappa shape index (κ3) is 3.03. The molecule has 0 bridgehead atoms. The molecule has 2 aromatic carbocycles. The van der Waals surface area contributed by atoms with Crippen LogP contribution in [-0.4, -0.2) is 34.5 Å². The summed E-state index contributed by atoms with van der Waals surface area (Å²) in [5.74, 6) is 1.43. The van der Waals surface area contributed by atoms with Crippen LogP contribution in [0.5, 0.6) is 0 Å². The number of nitrogens with zero attached hydrogens (tertiary/aromatic N) is 3. The van der Waals surface area contributed by atoms with Crippen LogP contribution in [0.4, 0.5) is 0 Å². The minimum Gasteiger partial charge on any atom is -0.330 e. The van der Waals surface area contributed by atoms with Crippen LogP contribution in [0.2, 0.25) is 0 Å². The van der Waals surface area contributed by atoms with Gasteiger partial charge in [-0.1, -0.05) is 42.5 Å². The molecule has 1 saturated heterocycles. The summed E-state index contributed by atoms with van der Waals surface area (Å²) in [5, 5.41) is 2.41. The molecular formula is C20H22N4.